The van der Waals surface area contributed by atoms with Crippen LogP contribution < -0.4 is 10.6 Å². The zero-order chi connectivity index (χ0) is 21.6. The molecular weight excluding hydrogens is 429 g/mol. The quantitative estimate of drug-likeness (QED) is 0.625. The molecule has 2 rings (SSSR count). The van der Waals surface area contributed by atoms with Gasteiger partial charge in [-0.1, -0.05) is 38.1 Å². The third-order valence-electron chi connectivity index (χ3n) is 4.75. The summed E-state index contributed by atoms with van der Waals surface area (Å²) in [6, 6.07) is 10.5. The summed E-state index contributed by atoms with van der Waals surface area (Å²) in [7, 11) is -3.51. The minimum Gasteiger partial charge on any atom is -0.334 e. The maximum Gasteiger partial charge on any atom is 0.315 e. The van der Waals surface area contributed by atoms with Crippen molar-refractivity contribution in [3.05, 3.63) is 65.0 Å². The Morgan fingerprint density at radius 2 is 1.70 bits per heavy atom. The first-order valence-corrected chi connectivity index (χ1v) is 11.0. The maximum absolute atomic E-state index is 13.3. The molecule has 0 radical (unpaired) electrons. The van der Waals surface area contributed by atoms with Crippen LogP contribution in [0.4, 0.5) is 9.18 Å². The molecule has 0 saturated carbocycles. The summed E-state index contributed by atoms with van der Waals surface area (Å²) in [4.78, 5) is 12.4. The number of nitrogens with zero attached hydrogens (tertiary/aromatic N) is 1. The molecule has 1 unspecified atom stereocenters. The Bertz CT molecular complexity index is 948. The van der Waals surface area contributed by atoms with Crippen molar-refractivity contribution in [3.63, 3.8) is 0 Å². The molecule has 9 heteroatoms. The summed E-state index contributed by atoms with van der Waals surface area (Å²) in [6.45, 7) is 8.18. The van der Waals surface area contributed by atoms with Gasteiger partial charge in [-0.15, -0.1) is 12.4 Å². The number of sulfonamides is 1. The fourth-order valence-corrected chi connectivity index (χ4v) is 4.43. The average molecular weight is 458 g/mol. The molecule has 0 aliphatic heterocycles. The number of hydrogen-bond acceptors (Lipinski definition) is 3. The summed E-state index contributed by atoms with van der Waals surface area (Å²) in [6.07, 6.45) is 0. The predicted octanol–water partition coefficient (Wildman–Crippen LogP) is 4.15. The van der Waals surface area contributed by atoms with E-state index in [1.54, 1.807) is 57.2 Å². The number of hydrogen-bond donors (Lipinski definition) is 2. The maximum atomic E-state index is 13.3. The van der Waals surface area contributed by atoms with E-state index in [1.807, 2.05) is 6.92 Å². The molecule has 0 heterocycles. The van der Waals surface area contributed by atoms with Gasteiger partial charge in [0.2, 0.25) is 10.0 Å². The van der Waals surface area contributed by atoms with E-state index >= 15 is 0 Å². The third kappa shape index (κ3) is 6.42. The van der Waals surface area contributed by atoms with Crippen LogP contribution >= 0.6 is 12.4 Å². The van der Waals surface area contributed by atoms with Crippen LogP contribution in [0.2, 0.25) is 0 Å². The van der Waals surface area contributed by atoms with Crippen LogP contribution in [-0.4, -0.2) is 31.8 Å². The van der Waals surface area contributed by atoms with E-state index in [4.69, 9.17) is 0 Å². The lowest BCUT2D eigenvalue weighted by Gasteiger charge is -2.19. The largest absolute Gasteiger partial charge is 0.334 e. The molecule has 0 aliphatic rings. The van der Waals surface area contributed by atoms with E-state index in [-0.39, 0.29) is 41.7 Å². The molecule has 30 heavy (non-hydrogen) atoms. The number of carbonyl (C=O) groups is 1. The Morgan fingerprint density at radius 1 is 1.10 bits per heavy atom. The lowest BCUT2D eigenvalue weighted by molar-refractivity contribution is 0.237. The molecule has 0 saturated heterocycles. The van der Waals surface area contributed by atoms with Gasteiger partial charge in [0.15, 0.2) is 0 Å². The summed E-state index contributed by atoms with van der Waals surface area (Å²) < 4.78 is 39.8. The zero-order valence-corrected chi connectivity index (χ0v) is 19.2. The van der Waals surface area contributed by atoms with E-state index in [9.17, 15) is 17.6 Å². The van der Waals surface area contributed by atoms with Crippen LogP contribution in [-0.2, 0) is 16.6 Å². The number of nitrogens with one attached hydrogen (secondary N) is 2. The molecule has 166 valence electrons. The minimum absolute atomic E-state index is 0. The van der Waals surface area contributed by atoms with Crippen molar-refractivity contribution in [2.45, 2.75) is 45.2 Å². The van der Waals surface area contributed by atoms with Crippen LogP contribution in [0, 0.1) is 12.7 Å². The Morgan fingerprint density at radius 3 is 2.23 bits per heavy atom. The highest BCUT2D eigenvalue weighted by Crippen LogP contribution is 2.19. The molecule has 0 aromatic heterocycles. The molecule has 0 spiro atoms. The van der Waals surface area contributed by atoms with Crippen molar-refractivity contribution >= 4 is 28.5 Å². The second-order valence-electron chi connectivity index (χ2n) is 6.79. The van der Waals surface area contributed by atoms with Gasteiger partial charge in [0, 0.05) is 19.6 Å². The van der Waals surface area contributed by atoms with Crippen molar-refractivity contribution in [2.24, 2.45) is 0 Å². The molecule has 2 aromatic rings. The topological polar surface area (TPSA) is 78.5 Å². The Kier molecular flexibility index (Phi) is 9.74. The molecule has 2 amide bonds. The number of halogens is 2. The van der Waals surface area contributed by atoms with Crippen molar-refractivity contribution in [2.75, 3.05) is 13.1 Å². The van der Waals surface area contributed by atoms with Gasteiger partial charge in [-0.2, -0.15) is 4.31 Å². The van der Waals surface area contributed by atoms with Gasteiger partial charge < -0.3 is 10.6 Å². The van der Waals surface area contributed by atoms with E-state index in [0.717, 1.165) is 11.1 Å². The summed E-state index contributed by atoms with van der Waals surface area (Å²) in [5.74, 6) is -0.279. The highest BCUT2D eigenvalue weighted by atomic mass is 35.5. The van der Waals surface area contributed by atoms with Crippen LogP contribution in [0.25, 0.3) is 0 Å². The van der Waals surface area contributed by atoms with Crippen LogP contribution in [0.1, 0.15) is 43.5 Å². The highest BCUT2D eigenvalue weighted by molar-refractivity contribution is 7.89. The number of rotatable bonds is 8. The lowest BCUT2D eigenvalue weighted by atomic mass is 10.1. The Labute approximate surface area is 184 Å². The van der Waals surface area contributed by atoms with Gasteiger partial charge in [0.05, 0.1) is 10.9 Å². The molecule has 1 atom stereocenters. The predicted molar refractivity (Wildman–Crippen MR) is 119 cm³/mol. The zero-order valence-electron chi connectivity index (χ0n) is 17.6. The van der Waals surface area contributed by atoms with Gasteiger partial charge in [-0.05, 0) is 48.7 Å². The normalized spacial score (nSPS) is 12.2. The SMILES string of the molecule is CCN(CC)S(=O)(=O)c1ccc(C(C)NC(=O)NCc2ccc(F)c(C)c2)cc1.Cl. The van der Waals surface area contributed by atoms with Crippen molar-refractivity contribution < 1.29 is 17.6 Å². The average Bonchev–Trinajstić information content (AvgIpc) is 2.69. The van der Waals surface area contributed by atoms with Crippen molar-refractivity contribution in [1.82, 2.24) is 14.9 Å². The van der Waals surface area contributed by atoms with E-state index < -0.39 is 10.0 Å². The van der Waals surface area contributed by atoms with E-state index in [1.165, 1.54) is 10.4 Å². The standard InChI is InChI=1S/C21H28FN3O3S.ClH/c1-5-25(6-2)29(27,28)19-10-8-18(9-11-19)16(4)24-21(26)23-14-17-7-12-20(22)15(3)13-17;/h7-13,16H,5-6,14H2,1-4H3,(H2,23,24,26);1H. The fraction of sp³-hybridized carbons (Fsp3) is 0.381. The number of benzene rings is 2. The molecule has 0 fully saturated rings. The van der Waals surface area contributed by atoms with E-state index in [0.29, 0.717) is 18.7 Å². The number of carbonyl (C=O) groups excluding carboxylic acids is 1. The second kappa shape index (κ2) is 11.3. The van der Waals surface area contributed by atoms with Crippen LogP contribution in [0.3, 0.4) is 0 Å². The van der Waals surface area contributed by atoms with E-state index in [2.05, 4.69) is 10.6 Å². The Hall–Kier alpha value is -2.16. The lowest BCUT2D eigenvalue weighted by Crippen LogP contribution is -2.36. The monoisotopic (exact) mass is 457 g/mol. The number of amides is 2. The molecular formula is C21H29ClFN3O3S. The first-order valence-electron chi connectivity index (χ1n) is 9.58. The van der Waals surface area contributed by atoms with Gasteiger partial charge >= 0.3 is 6.03 Å². The summed E-state index contributed by atoms with van der Waals surface area (Å²) in [5.41, 5.74) is 2.12. The van der Waals surface area contributed by atoms with Gasteiger partial charge in [0.1, 0.15) is 5.82 Å². The van der Waals surface area contributed by atoms with Crippen molar-refractivity contribution in [1.29, 1.82) is 0 Å². The van der Waals surface area contributed by atoms with Crippen molar-refractivity contribution in [3.8, 4) is 0 Å². The fourth-order valence-electron chi connectivity index (χ4n) is 2.97. The highest BCUT2D eigenvalue weighted by Gasteiger charge is 2.21. The molecule has 2 N–H and O–H groups in total. The molecule has 6 nitrogen and oxygen atoms in total. The Balaban J connectivity index is 0.00000450. The van der Waals surface area contributed by atoms with Gasteiger partial charge in [-0.25, -0.2) is 17.6 Å². The number of aryl methyl sites for hydroxylation is 1. The van der Waals surface area contributed by atoms with Gasteiger partial charge in [-0.3, -0.25) is 0 Å². The second-order valence-corrected chi connectivity index (χ2v) is 8.73. The first-order chi connectivity index (χ1) is 13.7. The smallest absolute Gasteiger partial charge is 0.315 e. The van der Waals surface area contributed by atoms with Gasteiger partial charge in [0.25, 0.3) is 0 Å². The minimum atomic E-state index is -3.51. The first kappa shape index (κ1) is 25.9. The summed E-state index contributed by atoms with van der Waals surface area (Å²) in [5, 5.41) is 5.55. The molecule has 0 bridgehead atoms. The van der Waals surface area contributed by atoms with Crippen LogP contribution in [0.15, 0.2) is 47.4 Å². The summed E-state index contributed by atoms with van der Waals surface area (Å²) >= 11 is 0. The molecule has 2 aromatic carbocycles. The van der Waals surface area contributed by atoms with Crippen LogP contribution in [0.5, 0.6) is 0 Å². The molecule has 0 aliphatic carbocycles. The number of urea groups is 1. The third-order valence-corrected chi connectivity index (χ3v) is 6.81.